The predicted octanol–water partition coefficient (Wildman–Crippen LogP) is 4.67. The number of hydrogen-bond donors (Lipinski definition) is 1. The van der Waals surface area contributed by atoms with Crippen LogP contribution in [-0.2, 0) is 11.3 Å². The Balaban J connectivity index is 0.00000225. The number of halogens is 1. The molecule has 0 aromatic heterocycles. The zero-order chi connectivity index (χ0) is 18.8. The molecule has 0 aliphatic heterocycles. The van der Waals surface area contributed by atoms with Crippen LogP contribution in [0.5, 0.6) is 5.75 Å². The number of nitrogens with zero attached hydrogens (tertiary/aromatic N) is 1. The quantitative estimate of drug-likeness (QED) is 0.790. The number of amides is 1. The fourth-order valence-electron chi connectivity index (χ4n) is 4.92. The van der Waals surface area contributed by atoms with E-state index in [0.717, 1.165) is 43.4 Å². The lowest BCUT2D eigenvalue weighted by molar-refractivity contribution is -0.138. The van der Waals surface area contributed by atoms with Crippen molar-refractivity contribution in [2.75, 3.05) is 7.11 Å². The van der Waals surface area contributed by atoms with Gasteiger partial charge in [0, 0.05) is 23.6 Å². The molecule has 2 saturated carbocycles. The highest BCUT2D eigenvalue weighted by Gasteiger charge is 2.35. The number of nitrogens with two attached hydrogens (primary N) is 1. The van der Waals surface area contributed by atoms with Crippen LogP contribution in [0.15, 0.2) is 36.4 Å². The summed E-state index contributed by atoms with van der Waals surface area (Å²) >= 11 is 0. The molecule has 4 nitrogen and oxygen atoms in total. The van der Waals surface area contributed by atoms with Crippen molar-refractivity contribution >= 4 is 29.1 Å². The monoisotopic (exact) mass is 402 g/mol. The van der Waals surface area contributed by atoms with Gasteiger partial charge in [0.1, 0.15) is 5.75 Å². The topological polar surface area (TPSA) is 55.6 Å². The molecule has 0 radical (unpaired) electrons. The minimum atomic E-state index is 0. The summed E-state index contributed by atoms with van der Waals surface area (Å²) in [6, 6.07) is 13.0. The molecule has 0 saturated heterocycles. The first-order valence-corrected chi connectivity index (χ1v) is 10.3. The zero-order valence-corrected chi connectivity index (χ0v) is 17.4. The van der Waals surface area contributed by atoms with Crippen molar-refractivity contribution in [3.63, 3.8) is 0 Å². The molecule has 2 fully saturated rings. The van der Waals surface area contributed by atoms with Crippen LogP contribution in [0.3, 0.4) is 0 Å². The second-order valence-electron chi connectivity index (χ2n) is 8.14. The first kappa shape index (κ1) is 20.9. The Morgan fingerprint density at radius 3 is 2.54 bits per heavy atom. The van der Waals surface area contributed by atoms with Crippen molar-refractivity contribution in [2.45, 2.75) is 63.6 Å². The van der Waals surface area contributed by atoms with Crippen molar-refractivity contribution in [3.05, 3.63) is 42.0 Å². The van der Waals surface area contributed by atoms with Crippen molar-refractivity contribution in [1.29, 1.82) is 0 Å². The maximum Gasteiger partial charge on any atom is 0.226 e. The summed E-state index contributed by atoms with van der Waals surface area (Å²) in [7, 11) is 1.71. The molecule has 152 valence electrons. The third kappa shape index (κ3) is 4.13. The highest BCUT2D eigenvalue weighted by molar-refractivity contribution is 5.88. The van der Waals surface area contributed by atoms with Gasteiger partial charge in [0.2, 0.25) is 5.91 Å². The van der Waals surface area contributed by atoms with E-state index in [1.54, 1.807) is 7.11 Å². The lowest BCUT2D eigenvalue weighted by Crippen LogP contribution is -2.41. The first-order chi connectivity index (χ1) is 13.2. The molecular formula is C23H31ClN2O2. The second kappa shape index (κ2) is 9.15. The molecule has 2 N–H and O–H groups in total. The number of carbonyl (C=O) groups excluding carboxylic acids is 1. The van der Waals surface area contributed by atoms with Crippen LogP contribution in [0.25, 0.3) is 10.8 Å². The number of methoxy groups -OCH3 is 1. The van der Waals surface area contributed by atoms with Gasteiger partial charge < -0.3 is 15.4 Å². The third-order valence-corrected chi connectivity index (χ3v) is 6.42. The average molecular weight is 403 g/mol. The van der Waals surface area contributed by atoms with Crippen molar-refractivity contribution in [2.24, 2.45) is 11.7 Å². The lowest BCUT2D eigenvalue weighted by atomic mass is 9.99. The SMILES string of the molecule is COc1ccc2ccccc2c1CN(C(=O)C1CCC(N)C1)C1CCCC1.Cl. The van der Waals surface area contributed by atoms with Crippen LogP contribution >= 0.6 is 12.4 Å². The van der Waals surface area contributed by atoms with Gasteiger partial charge in [-0.25, -0.2) is 0 Å². The van der Waals surface area contributed by atoms with Crippen LogP contribution in [0, 0.1) is 5.92 Å². The smallest absolute Gasteiger partial charge is 0.226 e. The number of benzene rings is 2. The minimum absolute atomic E-state index is 0. The minimum Gasteiger partial charge on any atom is -0.496 e. The summed E-state index contributed by atoms with van der Waals surface area (Å²) in [5.41, 5.74) is 7.22. The Morgan fingerprint density at radius 2 is 1.86 bits per heavy atom. The first-order valence-electron chi connectivity index (χ1n) is 10.3. The molecule has 2 aliphatic rings. The summed E-state index contributed by atoms with van der Waals surface area (Å²) in [6.07, 6.45) is 7.36. The van der Waals surface area contributed by atoms with Gasteiger partial charge >= 0.3 is 0 Å². The maximum absolute atomic E-state index is 13.4. The highest BCUT2D eigenvalue weighted by atomic mass is 35.5. The molecule has 28 heavy (non-hydrogen) atoms. The summed E-state index contributed by atoms with van der Waals surface area (Å²) in [5.74, 6) is 1.25. The molecule has 2 aliphatic carbocycles. The number of hydrogen-bond acceptors (Lipinski definition) is 3. The summed E-state index contributed by atoms with van der Waals surface area (Å²) in [6.45, 7) is 0.625. The van der Waals surface area contributed by atoms with E-state index in [4.69, 9.17) is 10.5 Å². The van der Waals surface area contributed by atoms with E-state index in [1.165, 1.54) is 23.6 Å². The van der Waals surface area contributed by atoms with Crippen LogP contribution < -0.4 is 10.5 Å². The number of rotatable bonds is 5. The molecular weight excluding hydrogens is 372 g/mol. The molecule has 2 unspecified atom stereocenters. The average Bonchev–Trinajstić information content (AvgIpc) is 3.37. The Kier molecular flexibility index (Phi) is 6.84. The molecule has 1 amide bonds. The van der Waals surface area contributed by atoms with Crippen LogP contribution in [-0.4, -0.2) is 30.0 Å². The molecule has 2 aromatic carbocycles. The van der Waals surface area contributed by atoms with Gasteiger partial charge in [-0.2, -0.15) is 0 Å². The van der Waals surface area contributed by atoms with Crippen molar-refractivity contribution < 1.29 is 9.53 Å². The molecule has 0 heterocycles. The van der Waals surface area contributed by atoms with Crippen molar-refractivity contribution in [3.8, 4) is 5.75 Å². The maximum atomic E-state index is 13.4. The van der Waals surface area contributed by atoms with E-state index in [-0.39, 0.29) is 24.4 Å². The molecule has 5 heteroatoms. The van der Waals surface area contributed by atoms with Gasteiger partial charge in [0.15, 0.2) is 0 Å². The van der Waals surface area contributed by atoms with Crippen molar-refractivity contribution in [1.82, 2.24) is 4.90 Å². The van der Waals surface area contributed by atoms with Gasteiger partial charge in [-0.3, -0.25) is 4.79 Å². The van der Waals surface area contributed by atoms with E-state index in [1.807, 2.05) is 6.07 Å². The number of ether oxygens (including phenoxy) is 1. The van der Waals surface area contributed by atoms with Crippen LogP contribution in [0.1, 0.15) is 50.5 Å². The van der Waals surface area contributed by atoms with Crippen LogP contribution in [0.2, 0.25) is 0 Å². The fourth-order valence-corrected chi connectivity index (χ4v) is 4.92. The molecule has 2 aromatic rings. The summed E-state index contributed by atoms with van der Waals surface area (Å²) < 4.78 is 5.68. The largest absolute Gasteiger partial charge is 0.496 e. The Morgan fingerprint density at radius 1 is 1.11 bits per heavy atom. The second-order valence-corrected chi connectivity index (χ2v) is 8.14. The molecule has 2 atom stereocenters. The van der Waals surface area contributed by atoms with E-state index in [9.17, 15) is 4.79 Å². The van der Waals surface area contributed by atoms with Crippen LogP contribution in [0.4, 0.5) is 0 Å². The molecule has 4 rings (SSSR count). The van der Waals surface area contributed by atoms with Gasteiger partial charge in [0.05, 0.1) is 13.7 Å². The normalized spacial score (nSPS) is 22.2. The Bertz CT molecular complexity index is 819. The third-order valence-electron chi connectivity index (χ3n) is 6.42. The Labute approximate surface area is 173 Å². The summed E-state index contributed by atoms with van der Waals surface area (Å²) in [5, 5.41) is 2.37. The highest BCUT2D eigenvalue weighted by Crippen LogP contribution is 2.35. The van der Waals surface area contributed by atoms with Gasteiger partial charge in [-0.15, -0.1) is 12.4 Å². The molecule has 0 bridgehead atoms. The van der Waals surface area contributed by atoms with E-state index in [0.29, 0.717) is 18.5 Å². The zero-order valence-electron chi connectivity index (χ0n) is 16.6. The number of fused-ring (bicyclic) bond motifs is 1. The predicted molar refractivity (Wildman–Crippen MR) is 116 cm³/mol. The van der Waals surface area contributed by atoms with Gasteiger partial charge in [-0.1, -0.05) is 43.2 Å². The standard InChI is InChI=1S/C23H30N2O2.ClH/c1-27-22-13-11-16-6-2-5-9-20(16)21(22)15-25(19-7-3-4-8-19)23(26)17-10-12-18(24)14-17;/h2,5-6,9,11,13,17-19H,3-4,7-8,10,12,14-15,24H2,1H3;1H. The van der Waals surface area contributed by atoms with E-state index in [2.05, 4.69) is 35.2 Å². The number of carbonyl (C=O) groups is 1. The lowest BCUT2D eigenvalue weighted by Gasteiger charge is -2.32. The summed E-state index contributed by atoms with van der Waals surface area (Å²) in [4.78, 5) is 15.6. The van der Waals surface area contributed by atoms with E-state index < -0.39 is 0 Å². The van der Waals surface area contributed by atoms with E-state index >= 15 is 0 Å². The molecule has 0 spiro atoms. The fraction of sp³-hybridized carbons (Fsp3) is 0.522. The van der Waals surface area contributed by atoms with Gasteiger partial charge in [-0.05, 0) is 48.9 Å². The Hall–Kier alpha value is -1.78. The van der Waals surface area contributed by atoms with Gasteiger partial charge in [0.25, 0.3) is 0 Å².